The first kappa shape index (κ1) is 25.6. The molecule has 0 aliphatic carbocycles. The number of rotatable bonds is 2. The molecule has 0 fully saturated rings. The van der Waals surface area contributed by atoms with Crippen LogP contribution in [0.15, 0.2) is 134 Å². The summed E-state index contributed by atoms with van der Waals surface area (Å²) in [4.78, 5) is 4.95. The van der Waals surface area contributed by atoms with Gasteiger partial charge >= 0.3 is 0 Å². The van der Waals surface area contributed by atoms with E-state index in [0.29, 0.717) is 0 Å². The summed E-state index contributed by atoms with van der Waals surface area (Å²) in [6.07, 6.45) is 1.98. The second-order valence-corrected chi connectivity index (χ2v) is 13.6. The van der Waals surface area contributed by atoms with Crippen molar-refractivity contribution < 1.29 is 0 Å². The highest BCUT2D eigenvalue weighted by Crippen LogP contribution is 2.48. The summed E-state index contributed by atoms with van der Waals surface area (Å²) in [5.74, 6) is 0. The van der Waals surface area contributed by atoms with Crippen LogP contribution in [-0.4, -0.2) is 14.0 Å². The SMILES string of the molecule is CC(C)(C)c1ccccc1-c1cc(-n2c3ccccc3c3c4ccccc4c4c(c5cccc6c7ccccc7n4c65)c32)ccn1. The van der Waals surface area contributed by atoms with Crippen molar-refractivity contribution in [1.82, 2.24) is 14.0 Å². The third-order valence-electron chi connectivity index (χ3n) is 10.0. The van der Waals surface area contributed by atoms with Crippen LogP contribution in [0.3, 0.4) is 0 Å². The summed E-state index contributed by atoms with van der Waals surface area (Å²) < 4.78 is 5.02. The van der Waals surface area contributed by atoms with E-state index in [4.69, 9.17) is 4.98 Å². The number of benzene rings is 6. The summed E-state index contributed by atoms with van der Waals surface area (Å²) in [6, 6.07) is 46.7. The molecule has 0 saturated carbocycles. The lowest BCUT2D eigenvalue weighted by Crippen LogP contribution is -2.12. The zero-order valence-electron chi connectivity index (χ0n) is 26.0. The van der Waals surface area contributed by atoms with Gasteiger partial charge in [0.25, 0.3) is 0 Å². The van der Waals surface area contributed by atoms with Gasteiger partial charge < -0.3 is 8.97 Å². The van der Waals surface area contributed by atoms with Crippen molar-refractivity contribution in [3.8, 4) is 16.9 Å². The maximum atomic E-state index is 4.95. The summed E-state index contributed by atoms with van der Waals surface area (Å²) >= 11 is 0. The molecule has 4 aromatic heterocycles. The Labute approximate surface area is 266 Å². The van der Waals surface area contributed by atoms with Gasteiger partial charge in [0.05, 0.1) is 33.3 Å². The Bertz CT molecular complexity index is 2840. The Morgan fingerprint density at radius 3 is 1.96 bits per heavy atom. The zero-order chi connectivity index (χ0) is 30.7. The molecular formula is C43H31N3. The van der Waals surface area contributed by atoms with Gasteiger partial charge in [-0.1, -0.05) is 124 Å². The van der Waals surface area contributed by atoms with Crippen LogP contribution in [-0.2, 0) is 5.41 Å². The molecule has 0 N–H and O–H groups in total. The molecule has 3 heteroatoms. The fraction of sp³-hybridized carbons (Fsp3) is 0.0930. The van der Waals surface area contributed by atoms with Gasteiger partial charge in [-0.2, -0.15) is 0 Å². The standard InChI is InChI=1S/C43H31N3/c1-43(2,3)34-20-9-6-16-31(34)35-25-26(23-24-44-35)45-37-22-11-8-17-32(37)38-28-14-4-5-15-30(28)41-39(42(38)45)33-19-12-18-29-27-13-7-10-21-36(27)46(41)40(29)33/h4-25H,1-3H3. The maximum absolute atomic E-state index is 4.95. The Morgan fingerprint density at radius 1 is 0.500 bits per heavy atom. The van der Waals surface area contributed by atoms with Crippen molar-refractivity contribution in [1.29, 1.82) is 0 Å². The van der Waals surface area contributed by atoms with Crippen molar-refractivity contribution >= 4 is 70.7 Å². The minimum atomic E-state index is -0.00418. The lowest BCUT2D eigenvalue weighted by molar-refractivity contribution is 0.592. The Balaban J connectivity index is 1.44. The minimum absolute atomic E-state index is 0.00418. The van der Waals surface area contributed by atoms with Gasteiger partial charge in [-0.05, 0) is 40.6 Å². The van der Waals surface area contributed by atoms with Crippen molar-refractivity contribution in [2.24, 2.45) is 0 Å². The normalized spacial score (nSPS) is 12.7. The molecule has 3 nitrogen and oxygen atoms in total. The number of pyridine rings is 1. The zero-order valence-corrected chi connectivity index (χ0v) is 26.0. The number of fused-ring (bicyclic) bond motifs is 13. The summed E-state index contributed by atoms with van der Waals surface area (Å²) in [7, 11) is 0. The van der Waals surface area contributed by atoms with E-state index in [1.165, 1.54) is 81.8 Å². The molecule has 4 heterocycles. The quantitative estimate of drug-likeness (QED) is 0.197. The maximum Gasteiger partial charge on any atom is 0.0725 e. The third kappa shape index (κ3) is 3.24. The number of aromatic nitrogens is 3. The molecule has 0 unspecified atom stereocenters. The molecule has 0 atom stereocenters. The second-order valence-electron chi connectivity index (χ2n) is 13.6. The van der Waals surface area contributed by atoms with Gasteiger partial charge in [0.2, 0.25) is 0 Å². The first-order valence-corrected chi connectivity index (χ1v) is 16.1. The van der Waals surface area contributed by atoms with Gasteiger partial charge in [0, 0.05) is 55.2 Å². The van der Waals surface area contributed by atoms with Crippen LogP contribution in [0.5, 0.6) is 0 Å². The molecule has 46 heavy (non-hydrogen) atoms. The van der Waals surface area contributed by atoms with Gasteiger partial charge in [-0.25, -0.2) is 0 Å². The average Bonchev–Trinajstić information content (AvgIpc) is 3.73. The topological polar surface area (TPSA) is 22.2 Å². The molecule has 0 amide bonds. The Kier molecular flexibility index (Phi) is 4.99. The second kappa shape index (κ2) is 8.95. The van der Waals surface area contributed by atoms with E-state index in [0.717, 1.165) is 11.4 Å². The number of nitrogens with zero attached hydrogens (tertiary/aromatic N) is 3. The van der Waals surface area contributed by atoms with E-state index in [2.05, 4.69) is 157 Å². The Morgan fingerprint density at radius 2 is 1.13 bits per heavy atom. The van der Waals surface area contributed by atoms with E-state index in [1.807, 2.05) is 6.20 Å². The van der Waals surface area contributed by atoms with Gasteiger partial charge in [-0.15, -0.1) is 0 Å². The van der Waals surface area contributed by atoms with Crippen LogP contribution >= 0.6 is 0 Å². The lowest BCUT2D eigenvalue weighted by Gasteiger charge is -2.23. The molecule has 10 aromatic rings. The molecule has 10 rings (SSSR count). The number of hydrogen-bond acceptors (Lipinski definition) is 1. The van der Waals surface area contributed by atoms with E-state index in [1.54, 1.807) is 0 Å². The molecule has 0 aliphatic rings. The predicted octanol–water partition coefficient (Wildman–Crippen LogP) is 11.4. The van der Waals surface area contributed by atoms with E-state index in [-0.39, 0.29) is 5.41 Å². The fourth-order valence-electron chi connectivity index (χ4n) is 8.18. The monoisotopic (exact) mass is 589 g/mol. The third-order valence-corrected chi connectivity index (χ3v) is 10.0. The summed E-state index contributed by atoms with van der Waals surface area (Å²) in [6.45, 7) is 6.82. The van der Waals surface area contributed by atoms with Crippen molar-refractivity contribution in [3.63, 3.8) is 0 Å². The van der Waals surface area contributed by atoms with Crippen LogP contribution in [0.25, 0.3) is 87.6 Å². The largest absolute Gasteiger partial charge is 0.308 e. The van der Waals surface area contributed by atoms with Crippen LogP contribution in [0.2, 0.25) is 0 Å². The highest BCUT2D eigenvalue weighted by Gasteiger charge is 2.26. The summed E-state index contributed by atoms with van der Waals surface area (Å²) in [5.41, 5.74) is 10.8. The molecule has 218 valence electrons. The van der Waals surface area contributed by atoms with Crippen LogP contribution in [0, 0.1) is 0 Å². The van der Waals surface area contributed by atoms with Gasteiger partial charge in [0.1, 0.15) is 0 Å². The highest BCUT2D eigenvalue weighted by molar-refractivity contribution is 6.39. The lowest BCUT2D eigenvalue weighted by atomic mass is 9.83. The van der Waals surface area contributed by atoms with E-state index >= 15 is 0 Å². The van der Waals surface area contributed by atoms with Crippen LogP contribution in [0.4, 0.5) is 0 Å². The average molecular weight is 590 g/mol. The predicted molar refractivity (Wildman–Crippen MR) is 195 cm³/mol. The fourth-order valence-corrected chi connectivity index (χ4v) is 8.18. The minimum Gasteiger partial charge on any atom is -0.308 e. The van der Waals surface area contributed by atoms with Gasteiger partial charge in [-0.3, -0.25) is 4.98 Å². The highest BCUT2D eigenvalue weighted by atomic mass is 15.0. The first-order chi connectivity index (χ1) is 22.5. The molecule has 0 bridgehead atoms. The van der Waals surface area contributed by atoms with E-state index < -0.39 is 0 Å². The van der Waals surface area contributed by atoms with Crippen molar-refractivity contribution in [3.05, 3.63) is 139 Å². The number of hydrogen-bond donors (Lipinski definition) is 0. The molecule has 6 aromatic carbocycles. The molecule has 0 saturated heterocycles. The summed E-state index contributed by atoms with van der Waals surface area (Å²) in [5, 5.41) is 10.3. The first-order valence-electron chi connectivity index (χ1n) is 16.1. The van der Waals surface area contributed by atoms with Crippen LogP contribution in [0.1, 0.15) is 26.3 Å². The smallest absolute Gasteiger partial charge is 0.0725 e. The van der Waals surface area contributed by atoms with Gasteiger partial charge in [0.15, 0.2) is 0 Å². The van der Waals surface area contributed by atoms with Crippen molar-refractivity contribution in [2.75, 3.05) is 0 Å². The molecular weight excluding hydrogens is 558 g/mol. The van der Waals surface area contributed by atoms with E-state index in [9.17, 15) is 0 Å². The molecule has 0 spiro atoms. The number of para-hydroxylation sites is 3. The van der Waals surface area contributed by atoms with Crippen LogP contribution < -0.4 is 0 Å². The van der Waals surface area contributed by atoms with Crippen molar-refractivity contribution in [2.45, 2.75) is 26.2 Å². The Hall–Kier alpha value is -5.67. The molecule has 0 radical (unpaired) electrons. The molecule has 0 aliphatic heterocycles.